The highest BCUT2D eigenvalue weighted by molar-refractivity contribution is 5.90. The summed E-state index contributed by atoms with van der Waals surface area (Å²) in [5.41, 5.74) is 1.12. The van der Waals surface area contributed by atoms with E-state index in [9.17, 15) is 4.79 Å². The van der Waals surface area contributed by atoms with Crippen LogP contribution in [0.3, 0.4) is 0 Å². The number of aryl methyl sites for hydroxylation is 1. The third-order valence-corrected chi connectivity index (χ3v) is 3.52. The van der Waals surface area contributed by atoms with E-state index in [1.165, 1.54) is 0 Å². The molecule has 2 rings (SSSR count). The van der Waals surface area contributed by atoms with Gasteiger partial charge in [-0.15, -0.1) is 0 Å². The van der Waals surface area contributed by atoms with E-state index >= 15 is 0 Å². The standard InChI is InChI=1S/C14H22N4O2/c1-4-20-13(19)12-8-16-14(17-10(12)2)18-6-5-11(9-18)7-15-3/h8,11,15H,4-7,9H2,1-3H3. The Morgan fingerprint density at radius 1 is 1.60 bits per heavy atom. The van der Waals surface area contributed by atoms with Gasteiger partial charge in [0.15, 0.2) is 0 Å². The second-order valence-corrected chi connectivity index (χ2v) is 5.05. The molecule has 1 fully saturated rings. The van der Waals surface area contributed by atoms with Gasteiger partial charge in [-0.05, 0) is 39.8 Å². The Bertz CT molecular complexity index is 478. The van der Waals surface area contributed by atoms with Crippen LogP contribution in [-0.2, 0) is 4.74 Å². The Balaban J connectivity index is 2.08. The fraction of sp³-hybridized carbons (Fsp3) is 0.643. The summed E-state index contributed by atoms with van der Waals surface area (Å²) in [7, 11) is 1.97. The van der Waals surface area contributed by atoms with Crippen LogP contribution in [0.4, 0.5) is 5.95 Å². The molecule has 1 aliphatic heterocycles. The maximum Gasteiger partial charge on any atom is 0.341 e. The van der Waals surface area contributed by atoms with Crippen molar-refractivity contribution < 1.29 is 9.53 Å². The summed E-state index contributed by atoms with van der Waals surface area (Å²) in [6.45, 7) is 6.89. The number of hydrogen-bond donors (Lipinski definition) is 1. The number of carbonyl (C=O) groups excluding carboxylic acids is 1. The summed E-state index contributed by atoms with van der Waals surface area (Å²) in [5.74, 6) is 0.980. The van der Waals surface area contributed by atoms with E-state index in [2.05, 4.69) is 20.2 Å². The zero-order valence-corrected chi connectivity index (χ0v) is 12.3. The van der Waals surface area contributed by atoms with Crippen molar-refractivity contribution in [1.29, 1.82) is 0 Å². The lowest BCUT2D eigenvalue weighted by Gasteiger charge is -2.17. The van der Waals surface area contributed by atoms with Crippen molar-refractivity contribution in [2.24, 2.45) is 5.92 Å². The molecule has 6 nitrogen and oxygen atoms in total. The number of ether oxygens (including phenoxy) is 1. The highest BCUT2D eigenvalue weighted by Gasteiger charge is 2.24. The quantitative estimate of drug-likeness (QED) is 0.811. The molecule has 6 heteroatoms. The first-order chi connectivity index (χ1) is 9.65. The summed E-state index contributed by atoms with van der Waals surface area (Å²) in [6.07, 6.45) is 2.71. The van der Waals surface area contributed by atoms with Gasteiger partial charge in [-0.25, -0.2) is 14.8 Å². The Hall–Kier alpha value is -1.69. The lowest BCUT2D eigenvalue weighted by Crippen LogP contribution is -2.26. The van der Waals surface area contributed by atoms with E-state index in [0.717, 1.165) is 26.1 Å². The molecular formula is C14H22N4O2. The van der Waals surface area contributed by atoms with Crippen LogP contribution < -0.4 is 10.2 Å². The highest BCUT2D eigenvalue weighted by atomic mass is 16.5. The molecule has 1 unspecified atom stereocenters. The molecule has 2 heterocycles. The van der Waals surface area contributed by atoms with Gasteiger partial charge >= 0.3 is 5.97 Å². The lowest BCUT2D eigenvalue weighted by atomic mass is 10.1. The molecule has 0 bridgehead atoms. The topological polar surface area (TPSA) is 67.3 Å². The number of carbonyl (C=O) groups is 1. The predicted molar refractivity (Wildman–Crippen MR) is 77.0 cm³/mol. The van der Waals surface area contributed by atoms with Gasteiger partial charge < -0.3 is 15.0 Å². The number of rotatable bonds is 5. The number of aromatic nitrogens is 2. The van der Waals surface area contributed by atoms with Crippen molar-refractivity contribution >= 4 is 11.9 Å². The van der Waals surface area contributed by atoms with Crippen LogP contribution in [-0.4, -0.2) is 49.2 Å². The summed E-state index contributed by atoms with van der Waals surface area (Å²) >= 11 is 0. The fourth-order valence-corrected chi connectivity index (χ4v) is 2.49. The van der Waals surface area contributed by atoms with E-state index < -0.39 is 0 Å². The highest BCUT2D eigenvalue weighted by Crippen LogP contribution is 2.21. The zero-order valence-electron chi connectivity index (χ0n) is 12.3. The molecule has 1 aromatic rings. The summed E-state index contributed by atoms with van der Waals surface area (Å²) in [6, 6.07) is 0. The minimum atomic E-state index is -0.356. The summed E-state index contributed by atoms with van der Waals surface area (Å²) < 4.78 is 4.98. The Morgan fingerprint density at radius 3 is 3.05 bits per heavy atom. The second kappa shape index (κ2) is 6.65. The van der Waals surface area contributed by atoms with Crippen molar-refractivity contribution in [2.75, 3.05) is 38.2 Å². The maximum absolute atomic E-state index is 11.7. The molecule has 1 saturated heterocycles. The monoisotopic (exact) mass is 278 g/mol. The lowest BCUT2D eigenvalue weighted by molar-refractivity contribution is 0.0524. The molecular weight excluding hydrogens is 256 g/mol. The Labute approximate surface area is 119 Å². The average Bonchev–Trinajstić information content (AvgIpc) is 2.88. The van der Waals surface area contributed by atoms with E-state index in [4.69, 9.17) is 4.74 Å². The van der Waals surface area contributed by atoms with Crippen molar-refractivity contribution in [3.05, 3.63) is 17.5 Å². The average molecular weight is 278 g/mol. The fourth-order valence-electron chi connectivity index (χ4n) is 2.49. The van der Waals surface area contributed by atoms with Crippen LogP contribution in [0.2, 0.25) is 0 Å². The van der Waals surface area contributed by atoms with Gasteiger partial charge in [-0.3, -0.25) is 0 Å². The van der Waals surface area contributed by atoms with E-state index in [0.29, 0.717) is 29.7 Å². The third kappa shape index (κ3) is 3.25. The first-order valence-electron chi connectivity index (χ1n) is 7.06. The molecule has 0 aromatic carbocycles. The van der Waals surface area contributed by atoms with Crippen LogP contribution in [0.1, 0.15) is 29.4 Å². The molecule has 0 amide bonds. The zero-order chi connectivity index (χ0) is 14.5. The third-order valence-electron chi connectivity index (χ3n) is 3.52. The minimum Gasteiger partial charge on any atom is -0.462 e. The van der Waals surface area contributed by atoms with E-state index in [-0.39, 0.29) is 5.97 Å². The van der Waals surface area contributed by atoms with Gasteiger partial charge in [0, 0.05) is 19.3 Å². The van der Waals surface area contributed by atoms with Gasteiger partial charge in [0.2, 0.25) is 5.95 Å². The van der Waals surface area contributed by atoms with Crippen LogP contribution >= 0.6 is 0 Å². The molecule has 0 saturated carbocycles. The molecule has 1 N–H and O–H groups in total. The maximum atomic E-state index is 11.7. The van der Waals surface area contributed by atoms with Crippen molar-refractivity contribution in [3.8, 4) is 0 Å². The normalized spacial score (nSPS) is 18.4. The Morgan fingerprint density at radius 2 is 2.40 bits per heavy atom. The first-order valence-corrected chi connectivity index (χ1v) is 7.06. The number of hydrogen-bond acceptors (Lipinski definition) is 6. The van der Waals surface area contributed by atoms with Gasteiger partial charge in [0.05, 0.1) is 17.9 Å². The van der Waals surface area contributed by atoms with Crippen LogP contribution in [0.15, 0.2) is 6.20 Å². The number of anilines is 1. The molecule has 1 aromatic heterocycles. The molecule has 0 spiro atoms. The van der Waals surface area contributed by atoms with Crippen molar-refractivity contribution in [1.82, 2.24) is 15.3 Å². The molecule has 1 atom stereocenters. The smallest absolute Gasteiger partial charge is 0.341 e. The van der Waals surface area contributed by atoms with Gasteiger partial charge in [0.1, 0.15) is 0 Å². The van der Waals surface area contributed by atoms with E-state index in [1.807, 2.05) is 14.0 Å². The Kier molecular flexibility index (Phi) is 4.89. The van der Waals surface area contributed by atoms with Gasteiger partial charge in [0.25, 0.3) is 0 Å². The van der Waals surface area contributed by atoms with Crippen LogP contribution in [0.5, 0.6) is 0 Å². The minimum absolute atomic E-state index is 0.356. The number of nitrogens with zero attached hydrogens (tertiary/aromatic N) is 3. The SMILES string of the molecule is CCOC(=O)c1cnc(N2CCC(CNC)C2)nc1C. The number of nitrogens with one attached hydrogen (secondary N) is 1. The number of esters is 1. The predicted octanol–water partition coefficient (Wildman–Crippen LogP) is 1.01. The van der Waals surface area contributed by atoms with Gasteiger partial charge in [-0.2, -0.15) is 0 Å². The molecule has 20 heavy (non-hydrogen) atoms. The largest absolute Gasteiger partial charge is 0.462 e. The van der Waals surface area contributed by atoms with E-state index in [1.54, 1.807) is 13.1 Å². The molecule has 110 valence electrons. The summed E-state index contributed by atoms with van der Waals surface area (Å²) in [4.78, 5) is 22.6. The van der Waals surface area contributed by atoms with Crippen molar-refractivity contribution in [2.45, 2.75) is 20.3 Å². The van der Waals surface area contributed by atoms with Crippen molar-refractivity contribution in [3.63, 3.8) is 0 Å². The van der Waals surface area contributed by atoms with Gasteiger partial charge in [-0.1, -0.05) is 0 Å². The van der Waals surface area contributed by atoms with Crippen LogP contribution in [0, 0.1) is 12.8 Å². The summed E-state index contributed by atoms with van der Waals surface area (Å²) in [5, 5.41) is 3.20. The molecule has 1 aliphatic rings. The first kappa shape index (κ1) is 14.7. The van der Waals surface area contributed by atoms with Crippen LogP contribution in [0.25, 0.3) is 0 Å². The second-order valence-electron chi connectivity index (χ2n) is 5.05. The molecule has 0 radical (unpaired) electrons. The molecule has 0 aliphatic carbocycles.